The van der Waals surface area contributed by atoms with Crippen LogP contribution in [0.5, 0.6) is 0 Å². The SMILES string of the molecule is Cc1ccc(S(=O)(=O)c2ccc(-c3ccc(C(=O)c4ccc5ccc(C(=O)c6ccc(-c7ccc(S(=O)(=O)c8ccc(C)cc8)cc7)cc6)cc5c4)cc3)cc2)cc1. The molecule has 8 aromatic carbocycles. The van der Waals surface area contributed by atoms with E-state index in [-0.39, 0.29) is 31.1 Å². The number of fused-ring (bicyclic) bond motifs is 1. The summed E-state index contributed by atoms with van der Waals surface area (Å²) in [6.07, 6.45) is 0. The molecule has 0 atom stereocenters. The quantitative estimate of drug-likeness (QED) is 0.128. The van der Waals surface area contributed by atoms with Crippen LogP contribution in [0.15, 0.2) is 202 Å². The van der Waals surface area contributed by atoms with Crippen LogP contribution in [0.1, 0.15) is 43.0 Å². The number of sulfone groups is 2. The molecule has 0 aliphatic rings. The van der Waals surface area contributed by atoms with Gasteiger partial charge in [-0.1, -0.05) is 132 Å². The highest BCUT2D eigenvalue weighted by atomic mass is 32.2. The van der Waals surface area contributed by atoms with Crippen LogP contribution in [0.2, 0.25) is 0 Å². The summed E-state index contributed by atoms with van der Waals surface area (Å²) in [6.45, 7) is 3.81. The first-order valence-corrected chi connectivity index (χ1v) is 21.5. The summed E-state index contributed by atoms with van der Waals surface area (Å²) in [6, 6.07) is 52.2. The molecule has 8 aromatic rings. The number of carbonyl (C=O) groups is 2. The third-order valence-corrected chi connectivity index (χ3v) is 13.9. The number of aryl methyl sites for hydroxylation is 2. The van der Waals surface area contributed by atoms with Gasteiger partial charge in [-0.2, -0.15) is 0 Å². The van der Waals surface area contributed by atoms with Crippen LogP contribution in [0, 0.1) is 13.8 Å². The first kappa shape index (κ1) is 38.1. The van der Waals surface area contributed by atoms with Crippen molar-refractivity contribution in [3.05, 3.63) is 215 Å². The van der Waals surface area contributed by atoms with Gasteiger partial charge in [-0.05, 0) is 108 Å². The molecule has 0 fully saturated rings. The van der Waals surface area contributed by atoms with Gasteiger partial charge in [0.25, 0.3) is 0 Å². The van der Waals surface area contributed by atoms with Gasteiger partial charge in [0.2, 0.25) is 19.7 Å². The van der Waals surface area contributed by atoms with Crippen molar-refractivity contribution in [1.82, 2.24) is 0 Å². The van der Waals surface area contributed by atoms with E-state index in [1.807, 2.05) is 50.2 Å². The molecule has 0 aromatic heterocycles. The molecule has 0 saturated heterocycles. The van der Waals surface area contributed by atoms with Crippen LogP contribution in [0.3, 0.4) is 0 Å². The van der Waals surface area contributed by atoms with Crippen molar-refractivity contribution in [2.24, 2.45) is 0 Å². The second kappa shape index (κ2) is 15.3. The maximum Gasteiger partial charge on any atom is 0.206 e. The summed E-state index contributed by atoms with van der Waals surface area (Å²) in [5.41, 5.74) is 7.25. The minimum atomic E-state index is -3.64. The topological polar surface area (TPSA) is 102 Å². The van der Waals surface area contributed by atoms with E-state index in [0.717, 1.165) is 44.2 Å². The maximum atomic E-state index is 13.6. The molecular weight excluding hydrogens is 761 g/mol. The van der Waals surface area contributed by atoms with Gasteiger partial charge in [0, 0.05) is 22.3 Å². The molecular formula is C50H36O6S2. The Balaban J connectivity index is 0.955. The summed E-state index contributed by atoms with van der Waals surface area (Å²) < 4.78 is 52.4. The van der Waals surface area contributed by atoms with Crippen molar-refractivity contribution in [2.75, 3.05) is 0 Å². The Bertz CT molecular complexity index is 2850. The Labute approximate surface area is 337 Å². The predicted molar refractivity (Wildman–Crippen MR) is 228 cm³/mol. The molecule has 0 unspecified atom stereocenters. The minimum Gasteiger partial charge on any atom is -0.289 e. The number of benzene rings is 8. The molecule has 0 amide bonds. The smallest absolute Gasteiger partial charge is 0.206 e. The zero-order valence-electron chi connectivity index (χ0n) is 31.6. The zero-order valence-corrected chi connectivity index (χ0v) is 33.2. The highest BCUT2D eigenvalue weighted by molar-refractivity contribution is 7.91. The van der Waals surface area contributed by atoms with Gasteiger partial charge in [0.15, 0.2) is 11.6 Å². The molecule has 0 bridgehead atoms. The number of hydrogen-bond acceptors (Lipinski definition) is 6. The lowest BCUT2D eigenvalue weighted by Crippen LogP contribution is -2.03. The summed E-state index contributed by atoms with van der Waals surface area (Å²) >= 11 is 0. The lowest BCUT2D eigenvalue weighted by molar-refractivity contribution is 0.103. The minimum absolute atomic E-state index is 0.166. The third kappa shape index (κ3) is 7.55. The van der Waals surface area contributed by atoms with Crippen LogP contribution in [0.4, 0.5) is 0 Å². The van der Waals surface area contributed by atoms with E-state index in [9.17, 15) is 26.4 Å². The average molecular weight is 797 g/mol. The monoisotopic (exact) mass is 796 g/mol. The number of hydrogen-bond donors (Lipinski definition) is 0. The van der Waals surface area contributed by atoms with E-state index in [1.54, 1.807) is 146 Å². The Kier molecular flexibility index (Phi) is 10.1. The molecule has 58 heavy (non-hydrogen) atoms. The lowest BCUT2D eigenvalue weighted by atomic mass is 9.95. The van der Waals surface area contributed by atoms with Crippen molar-refractivity contribution in [3.63, 3.8) is 0 Å². The van der Waals surface area contributed by atoms with Crippen molar-refractivity contribution in [2.45, 2.75) is 33.4 Å². The molecule has 6 nitrogen and oxygen atoms in total. The summed E-state index contributed by atoms with van der Waals surface area (Å²) in [5.74, 6) is -0.331. The van der Waals surface area contributed by atoms with Gasteiger partial charge < -0.3 is 0 Å². The van der Waals surface area contributed by atoms with Gasteiger partial charge in [0.1, 0.15) is 0 Å². The average Bonchev–Trinajstić information content (AvgIpc) is 3.26. The predicted octanol–water partition coefficient (Wildman–Crippen LogP) is 10.9. The van der Waals surface area contributed by atoms with Crippen LogP contribution >= 0.6 is 0 Å². The van der Waals surface area contributed by atoms with E-state index in [0.29, 0.717) is 22.3 Å². The Morgan fingerprint density at radius 1 is 0.310 bits per heavy atom. The number of rotatable bonds is 10. The molecule has 0 spiro atoms. The van der Waals surface area contributed by atoms with Crippen molar-refractivity contribution < 1.29 is 26.4 Å². The second-order valence-electron chi connectivity index (χ2n) is 14.3. The van der Waals surface area contributed by atoms with Gasteiger partial charge in [-0.3, -0.25) is 9.59 Å². The first-order chi connectivity index (χ1) is 27.9. The fourth-order valence-electron chi connectivity index (χ4n) is 6.85. The van der Waals surface area contributed by atoms with E-state index in [4.69, 9.17) is 0 Å². The highest BCUT2D eigenvalue weighted by Crippen LogP contribution is 2.29. The van der Waals surface area contributed by atoms with E-state index < -0.39 is 19.7 Å². The highest BCUT2D eigenvalue weighted by Gasteiger charge is 2.19. The molecule has 0 aliphatic heterocycles. The Hall–Kier alpha value is -6.74. The molecule has 0 heterocycles. The molecule has 8 rings (SSSR count). The number of ketones is 2. The third-order valence-electron chi connectivity index (χ3n) is 10.3. The summed E-state index contributed by atoms with van der Waals surface area (Å²) in [5, 5.41) is 1.64. The fraction of sp³-hybridized carbons (Fsp3) is 0.0400. The van der Waals surface area contributed by atoms with Crippen molar-refractivity contribution in [1.29, 1.82) is 0 Å². The van der Waals surface area contributed by atoms with Crippen LogP contribution < -0.4 is 0 Å². The standard InChI is InChI=1S/C50H36O6S2/c1-33-3-23-45(24-4-33)57(53,54)47-27-19-37(20-28-47)35-7-13-40(14-8-35)49(51)42-17-11-39-12-18-43(32-44(39)31-42)50(52)41-15-9-36(10-16-41)38-21-29-48(30-22-38)58(55,56)46-25-5-34(2)6-26-46/h3-32H,1-2H3. The van der Waals surface area contributed by atoms with Crippen LogP contribution in [-0.2, 0) is 19.7 Å². The largest absolute Gasteiger partial charge is 0.289 e. The zero-order chi connectivity index (χ0) is 40.6. The Morgan fingerprint density at radius 2 is 0.569 bits per heavy atom. The maximum absolute atomic E-state index is 13.6. The second-order valence-corrected chi connectivity index (χ2v) is 18.2. The molecule has 0 N–H and O–H groups in total. The normalized spacial score (nSPS) is 11.7. The van der Waals surface area contributed by atoms with E-state index in [1.165, 1.54) is 0 Å². The molecule has 0 radical (unpaired) electrons. The van der Waals surface area contributed by atoms with Gasteiger partial charge in [-0.15, -0.1) is 0 Å². The van der Waals surface area contributed by atoms with Gasteiger partial charge >= 0.3 is 0 Å². The molecule has 8 heteroatoms. The molecule has 284 valence electrons. The van der Waals surface area contributed by atoms with Crippen LogP contribution in [-0.4, -0.2) is 28.4 Å². The van der Waals surface area contributed by atoms with Gasteiger partial charge in [0.05, 0.1) is 19.6 Å². The van der Waals surface area contributed by atoms with Crippen molar-refractivity contribution in [3.8, 4) is 22.3 Å². The fourth-order valence-corrected chi connectivity index (χ4v) is 9.37. The summed E-state index contributed by atoms with van der Waals surface area (Å²) in [7, 11) is -7.28. The molecule has 0 saturated carbocycles. The number of carbonyl (C=O) groups excluding carboxylic acids is 2. The Morgan fingerprint density at radius 3 is 0.879 bits per heavy atom. The van der Waals surface area contributed by atoms with E-state index >= 15 is 0 Å². The molecule has 0 aliphatic carbocycles. The summed E-state index contributed by atoms with van der Waals surface area (Å²) in [4.78, 5) is 28.1. The lowest BCUT2D eigenvalue weighted by Gasteiger charge is -2.09. The first-order valence-electron chi connectivity index (χ1n) is 18.5. The van der Waals surface area contributed by atoms with Crippen molar-refractivity contribution >= 4 is 42.0 Å². The van der Waals surface area contributed by atoms with Gasteiger partial charge in [-0.25, -0.2) is 16.8 Å². The van der Waals surface area contributed by atoms with E-state index in [2.05, 4.69) is 0 Å². The van der Waals surface area contributed by atoms with Crippen LogP contribution in [0.25, 0.3) is 33.0 Å².